The zero-order valence-electron chi connectivity index (χ0n) is 16.9. The minimum absolute atomic E-state index is 0.718. The maximum Gasteiger partial charge on any atom is 0.191 e. The Balaban J connectivity index is 1.84. The van der Waals surface area contributed by atoms with Gasteiger partial charge in [-0.3, -0.25) is 4.90 Å². The van der Waals surface area contributed by atoms with Crippen molar-refractivity contribution in [3.05, 3.63) is 35.4 Å². The van der Waals surface area contributed by atoms with E-state index in [2.05, 4.69) is 65.6 Å². The van der Waals surface area contributed by atoms with E-state index in [-0.39, 0.29) is 0 Å². The predicted molar refractivity (Wildman–Crippen MR) is 112 cm³/mol. The summed E-state index contributed by atoms with van der Waals surface area (Å²) in [7, 11) is 2.22. The van der Waals surface area contributed by atoms with Crippen LogP contribution in [0.5, 0.6) is 0 Å². The molecule has 5 nitrogen and oxygen atoms in total. The fraction of sp³-hybridized carbons (Fsp3) is 0.667. The lowest BCUT2D eigenvalue weighted by atomic mass is 10.1. The Morgan fingerprint density at radius 1 is 1.00 bits per heavy atom. The molecular weight excluding hydrogens is 322 g/mol. The summed E-state index contributed by atoms with van der Waals surface area (Å²) in [6.07, 6.45) is 3.63. The van der Waals surface area contributed by atoms with Crippen LogP contribution in [0.4, 0.5) is 0 Å². The minimum Gasteiger partial charge on any atom is -0.357 e. The van der Waals surface area contributed by atoms with Crippen molar-refractivity contribution in [1.82, 2.24) is 20.4 Å². The number of nitrogens with zero attached hydrogens (tertiary/aromatic N) is 3. The van der Waals surface area contributed by atoms with E-state index in [9.17, 15) is 0 Å². The number of rotatable bonds is 8. The Kier molecular flexibility index (Phi) is 9.50. The van der Waals surface area contributed by atoms with Crippen LogP contribution in [0.2, 0.25) is 0 Å². The molecule has 1 aromatic rings. The average molecular weight is 360 g/mol. The minimum atomic E-state index is 0.718. The molecule has 0 aromatic heterocycles. The van der Waals surface area contributed by atoms with E-state index >= 15 is 0 Å². The number of hydrogen-bond acceptors (Lipinski definition) is 3. The predicted octanol–water partition coefficient (Wildman–Crippen LogP) is 2.68. The fourth-order valence-corrected chi connectivity index (χ4v) is 3.16. The van der Waals surface area contributed by atoms with Crippen LogP contribution < -0.4 is 10.6 Å². The second-order valence-electron chi connectivity index (χ2n) is 7.22. The first-order valence-corrected chi connectivity index (χ1v) is 10.2. The van der Waals surface area contributed by atoms with E-state index < -0.39 is 0 Å². The van der Waals surface area contributed by atoms with Gasteiger partial charge in [-0.25, -0.2) is 4.99 Å². The number of guanidine groups is 1. The molecule has 2 N–H and O–H groups in total. The van der Waals surface area contributed by atoms with Crippen LogP contribution in [-0.2, 0) is 13.1 Å². The Hall–Kier alpha value is -1.59. The SMILES string of the molecule is CCCCNC(=NCc1ccc(CN2CCCN(C)CC2)cc1)NCC. The molecular formula is C21H37N5. The van der Waals surface area contributed by atoms with Crippen LogP contribution >= 0.6 is 0 Å². The van der Waals surface area contributed by atoms with E-state index in [0.717, 1.165) is 38.7 Å². The zero-order chi connectivity index (χ0) is 18.6. The Labute approximate surface area is 159 Å². The third-order valence-electron chi connectivity index (χ3n) is 4.83. The number of nitrogens with one attached hydrogen (secondary N) is 2. The van der Waals surface area contributed by atoms with Crippen molar-refractivity contribution in [3.8, 4) is 0 Å². The second-order valence-corrected chi connectivity index (χ2v) is 7.22. The monoisotopic (exact) mass is 359 g/mol. The molecule has 1 aromatic carbocycles. The summed E-state index contributed by atoms with van der Waals surface area (Å²) < 4.78 is 0. The highest BCUT2D eigenvalue weighted by Crippen LogP contribution is 2.11. The summed E-state index contributed by atoms with van der Waals surface area (Å²) in [5, 5.41) is 6.71. The van der Waals surface area contributed by atoms with Crippen molar-refractivity contribution in [2.24, 2.45) is 4.99 Å². The summed E-state index contributed by atoms with van der Waals surface area (Å²) in [6.45, 7) is 12.7. The topological polar surface area (TPSA) is 42.9 Å². The highest BCUT2D eigenvalue weighted by Gasteiger charge is 2.12. The van der Waals surface area contributed by atoms with E-state index in [1.165, 1.54) is 50.0 Å². The van der Waals surface area contributed by atoms with E-state index in [0.29, 0.717) is 0 Å². The Morgan fingerprint density at radius 3 is 2.50 bits per heavy atom. The van der Waals surface area contributed by atoms with Crippen molar-refractivity contribution in [3.63, 3.8) is 0 Å². The van der Waals surface area contributed by atoms with Gasteiger partial charge in [0.1, 0.15) is 0 Å². The summed E-state index contributed by atoms with van der Waals surface area (Å²) in [6, 6.07) is 8.96. The van der Waals surface area contributed by atoms with Crippen molar-refractivity contribution in [2.75, 3.05) is 46.3 Å². The fourth-order valence-electron chi connectivity index (χ4n) is 3.16. The first kappa shape index (κ1) is 20.7. The zero-order valence-corrected chi connectivity index (χ0v) is 16.9. The molecule has 0 radical (unpaired) electrons. The van der Waals surface area contributed by atoms with Gasteiger partial charge in [0.05, 0.1) is 6.54 Å². The molecule has 0 bridgehead atoms. The van der Waals surface area contributed by atoms with Crippen LogP contribution in [0, 0.1) is 0 Å². The quantitative estimate of drug-likeness (QED) is 0.425. The van der Waals surface area contributed by atoms with Gasteiger partial charge in [-0.05, 0) is 51.0 Å². The van der Waals surface area contributed by atoms with Gasteiger partial charge in [0.25, 0.3) is 0 Å². The smallest absolute Gasteiger partial charge is 0.191 e. The molecule has 0 unspecified atom stereocenters. The number of hydrogen-bond donors (Lipinski definition) is 2. The van der Waals surface area contributed by atoms with Crippen molar-refractivity contribution in [2.45, 2.75) is 46.2 Å². The Bertz CT molecular complexity index is 526. The van der Waals surface area contributed by atoms with Gasteiger partial charge in [0, 0.05) is 32.7 Å². The molecule has 5 heteroatoms. The molecule has 2 rings (SSSR count). The van der Waals surface area contributed by atoms with Crippen LogP contribution in [0.3, 0.4) is 0 Å². The number of aliphatic imine (C=N–C) groups is 1. The van der Waals surface area contributed by atoms with Crippen molar-refractivity contribution in [1.29, 1.82) is 0 Å². The summed E-state index contributed by atoms with van der Waals surface area (Å²) in [5.41, 5.74) is 2.66. The largest absolute Gasteiger partial charge is 0.357 e. The maximum absolute atomic E-state index is 4.70. The summed E-state index contributed by atoms with van der Waals surface area (Å²) in [4.78, 5) is 9.70. The molecule has 1 fully saturated rings. The normalized spacial score (nSPS) is 17.1. The highest BCUT2D eigenvalue weighted by atomic mass is 15.2. The lowest BCUT2D eigenvalue weighted by Crippen LogP contribution is -2.37. The number of likely N-dealkylation sites (N-methyl/N-ethyl adjacent to an activating group) is 1. The summed E-state index contributed by atoms with van der Waals surface area (Å²) in [5.74, 6) is 0.915. The lowest BCUT2D eigenvalue weighted by Gasteiger charge is -2.20. The molecule has 0 aliphatic carbocycles. The molecule has 1 heterocycles. The standard InChI is InChI=1S/C21H37N5/c1-4-6-12-23-21(22-5-2)24-17-19-8-10-20(11-9-19)18-26-14-7-13-25(3)15-16-26/h8-11H,4-7,12-18H2,1-3H3,(H2,22,23,24). The van der Waals surface area contributed by atoms with Gasteiger partial charge in [-0.2, -0.15) is 0 Å². The molecule has 1 aliphatic heterocycles. The second kappa shape index (κ2) is 11.9. The van der Waals surface area contributed by atoms with Crippen LogP contribution in [0.1, 0.15) is 44.2 Å². The van der Waals surface area contributed by atoms with Crippen LogP contribution in [-0.4, -0.2) is 62.1 Å². The van der Waals surface area contributed by atoms with E-state index in [1.807, 2.05) is 0 Å². The van der Waals surface area contributed by atoms with Gasteiger partial charge in [-0.1, -0.05) is 37.6 Å². The lowest BCUT2D eigenvalue weighted by molar-refractivity contribution is 0.269. The van der Waals surface area contributed by atoms with Crippen molar-refractivity contribution >= 4 is 5.96 Å². The van der Waals surface area contributed by atoms with Crippen molar-refractivity contribution < 1.29 is 0 Å². The van der Waals surface area contributed by atoms with Gasteiger partial charge >= 0.3 is 0 Å². The summed E-state index contributed by atoms with van der Waals surface area (Å²) >= 11 is 0. The van der Waals surface area contributed by atoms with Gasteiger partial charge < -0.3 is 15.5 Å². The van der Waals surface area contributed by atoms with Gasteiger partial charge in [0.2, 0.25) is 0 Å². The van der Waals surface area contributed by atoms with Crippen LogP contribution in [0.25, 0.3) is 0 Å². The molecule has 0 amide bonds. The molecule has 1 aliphatic rings. The van der Waals surface area contributed by atoms with Gasteiger partial charge in [-0.15, -0.1) is 0 Å². The number of benzene rings is 1. The van der Waals surface area contributed by atoms with E-state index in [4.69, 9.17) is 4.99 Å². The first-order chi connectivity index (χ1) is 12.7. The number of unbranched alkanes of at least 4 members (excludes halogenated alkanes) is 1. The third-order valence-corrected chi connectivity index (χ3v) is 4.83. The first-order valence-electron chi connectivity index (χ1n) is 10.2. The molecule has 0 atom stereocenters. The molecule has 1 saturated heterocycles. The molecule has 146 valence electrons. The highest BCUT2D eigenvalue weighted by molar-refractivity contribution is 5.79. The molecule has 0 saturated carbocycles. The molecule has 26 heavy (non-hydrogen) atoms. The molecule has 0 spiro atoms. The third kappa shape index (κ3) is 7.75. The average Bonchev–Trinajstić information content (AvgIpc) is 2.85. The van der Waals surface area contributed by atoms with Crippen LogP contribution in [0.15, 0.2) is 29.3 Å². The van der Waals surface area contributed by atoms with E-state index in [1.54, 1.807) is 0 Å². The Morgan fingerprint density at radius 2 is 1.77 bits per heavy atom. The maximum atomic E-state index is 4.70. The van der Waals surface area contributed by atoms with Gasteiger partial charge in [0.15, 0.2) is 5.96 Å².